The average Bonchev–Trinajstić information content (AvgIpc) is 3.92. The van der Waals surface area contributed by atoms with Gasteiger partial charge in [0.25, 0.3) is 20.0 Å². The predicted octanol–water partition coefficient (Wildman–Crippen LogP) is 7.44. The second-order valence-electron chi connectivity index (χ2n) is 13.5. The van der Waals surface area contributed by atoms with Gasteiger partial charge in [0.2, 0.25) is 11.9 Å². The number of rotatable bonds is 10. The van der Waals surface area contributed by atoms with Crippen molar-refractivity contribution in [2.24, 2.45) is 0 Å². The third-order valence-corrected chi connectivity index (χ3v) is 11.7. The van der Waals surface area contributed by atoms with Crippen LogP contribution in [0, 0.1) is 37.4 Å². The van der Waals surface area contributed by atoms with E-state index in [9.17, 15) is 34.8 Å². The fourth-order valence-electron chi connectivity index (χ4n) is 5.58. The molecule has 58 heavy (non-hydrogen) atoms. The molecular formula is C37H39ClF4N6O8S2. The Balaban J connectivity index is 0.000000259. The summed E-state index contributed by atoms with van der Waals surface area (Å²) < 4.78 is 128. The fourth-order valence-corrected chi connectivity index (χ4v) is 8.65. The summed E-state index contributed by atoms with van der Waals surface area (Å²) in [4.78, 5) is 20.0. The number of nitrogens with one attached hydrogen (secondary N) is 1. The monoisotopic (exact) mass is 870 g/mol. The van der Waals surface area contributed by atoms with Crippen molar-refractivity contribution in [3.8, 4) is 22.5 Å². The number of carbonyl (C=O) groups excluding carboxylic acids is 1. The van der Waals surface area contributed by atoms with Crippen molar-refractivity contribution in [1.29, 1.82) is 0 Å². The van der Waals surface area contributed by atoms with Gasteiger partial charge in [-0.1, -0.05) is 0 Å². The smallest absolute Gasteiger partial charge is 0.410 e. The number of amides is 1. The molecule has 6 aromatic heterocycles. The Bertz CT molecular complexity index is 2650. The number of hydrogen-bond acceptors (Lipinski definition) is 11. The second kappa shape index (κ2) is 17.6. The topological polar surface area (TPSA) is 172 Å². The highest BCUT2D eigenvalue weighted by Gasteiger charge is 2.32. The molecule has 14 nitrogen and oxygen atoms in total. The normalized spacial score (nSPS) is 11.8. The van der Waals surface area contributed by atoms with Crippen LogP contribution in [0.1, 0.15) is 43.4 Å². The van der Waals surface area contributed by atoms with E-state index in [4.69, 9.17) is 13.6 Å². The van der Waals surface area contributed by atoms with E-state index in [1.807, 2.05) is 0 Å². The lowest BCUT2D eigenvalue weighted by Crippen LogP contribution is -2.33. The summed E-state index contributed by atoms with van der Waals surface area (Å²) in [6.45, 7) is 7.71. The minimum atomic E-state index is -4.35. The van der Waals surface area contributed by atoms with Crippen LogP contribution < -0.4 is 5.32 Å². The molecule has 0 saturated carbocycles. The van der Waals surface area contributed by atoms with Crippen LogP contribution >= 0.6 is 12.4 Å². The van der Waals surface area contributed by atoms with Gasteiger partial charge in [0, 0.05) is 49.5 Å². The summed E-state index contributed by atoms with van der Waals surface area (Å²) in [7, 11) is -5.56. The third-order valence-electron chi connectivity index (χ3n) is 8.17. The maximum absolute atomic E-state index is 15.5. The van der Waals surface area contributed by atoms with Crippen molar-refractivity contribution in [1.82, 2.24) is 28.1 Å². The number of furan rings is 2. The Hall–Kier alpha value is -5.44. The van der Waals surface area contributed by atoms with Gasteiger partial charge in [-0.2, -0.15) is 8.78 Å². The number of carbonyl (C=O) groups is 1. The molecule has 312 valence electrons. The molecule has 0 spiro atoms. The lowest BCUT2D eigenvalue weighted by Gasteiger charge is -2.24. The lowest BCUT2D eigenvalue weighted by molar-refractivity contribution is 0.0284. The predicted molar refractivity (Wildman–Crippen MR) is 205 cm³/mol. The van der Waals surface area contributed by atoms with E-state index < -0.39 is 66.7 Å². The Labute approximate surface area is 338 Å². The van der Waals surface area contributed by atoms with E-state index in [1.54, 1.807) is 27.8 Å². The molecule has 0 aliphatic heterocycles. The third kappa shape index (κ3) is 9.14. The van der Waals surface area contributed by atoms with Gasteiger partial charge in [-0.15, -0.1) is 12.4 Å². The van der Waals surface area contributed by atoms with Gasteiger partial charge >= 0.3 is 6.09 Å². The summed E-state index contributed by atoms with van der Waals surface area (Å²) in [6, 6.07) is 7.75. The van der Waals surface area contributed by atoms with Crippen LogP contribution in [0.5, 0.6) is 0 Å². The maximum Gasteiger partial charge on any atom is 0.410 e. The number of aryl methyl sites for hydroxylation is 2. The lowest BCUT2D eigenvalue weighted by atomic mass is 10.1. The number of nitrogens with zero attached hydrogens (tertiary/aromatic N) is 5. The first-order chi connectivity index (χ1) is 26.7. The molecule has 6 aromatic rings. The number of hydrogen-bond donors (Lipinski definition) is 1. The van der Waals surface area contributed by atoms with E-state index in [2.05, 4.69) is 15.3 Å². The summed E-state index contributed by atoms with van der Waals surface area (Å²) in [6.07, 6.45) is 6.19. The van der Waals surface area contributed by atoms with E-state index in [-0.39, 0.29) is 69.1 Å². The van der Waals surface area contributed by atoms with Gasteiger partial charge in [0.15, 0.2) is 11.6 Å². The van der Waals surface area contributed by atoms with E-state index in [0.717, 1.165) is 27.5 Å². The zero-order valence-corrected chi connectivity index (χ0v) is 34.5. The molecule has 1 N–H and O–H groups in total. The molecule has 0 bridgehead atoms. The van der Waals surface area contributed by atoms with Gasteiger partial charge < -0.3 is 23.8 Å². The molecule has 0 atom stereocenters. The highest BCUT2D eigenvalue weighted by molar-refractivity contribution is 7.90. The van der Waals surface area contributed by atoms with Gasteiger partial charge in [-0.25, -0.2) is 48.3 Å². The van der Waals surface area contributed by atoms with Crippen LogP contribution in [0.25, 0.3) is 22.5 Å². The Morgan fingerprint density at radius 1 is 0.793 bits per heavy atom. The maximum atomic E-state index is 15.5. The molecule has 0 saturated heterocycles. The van der Waals surface area contributed by atoms with Gasteiger partial charge in [-0.3, -0.25) is 0 Å². The molecule has 6 rings (SSSR count). The molecule has 6 heterocycles. The van der Waals surface area contributed by atoms with Crippen molar-refractivity contribution in [3.05, 3.63) is 120 Å². The minimum Gasteiger partial charge on any atom is -0.468 e. The summed E-state index contributed by atoms with van der Waals surface area (Å²) in [5, 5.41) is 2.75. The van der Waals surface area contributed by atoms with Crippen LogP contribution in [0.4, 0.5) is 22.4 Å². The van der Waals surface area contributed by atoms with Crippen molar-refractivity contribution in [3.63, 3.8) is 0 Å². The van der Waals surface area contributed by atoms with Gasteiger partial charge in [-0.05, 0) is 78.1 Å². The summed E-state index contributed by atoms with van der Waals surface area (Å²) in [5.74, 6) is -3.60. The first kappa shape index (κ1) is 45.3. The standard InChI is InChI=1S/C21H23F2N3O5S.C16H15F2N3O3S.ClH/c1-13-16(8-10-30-13)32(28,29)26-12-14(11-25(5)20(27)31-21(2,3)4)17(22)18(26)15-7-6-9-24-19(15)23;1-10-13(5-7-24-10)25(22,23)21-9-11(8-19-2)14(17)15(21)12-4-3-6-20-16(12)18;/h6-10,12H,11H2,1-5H3;3-7,9,19H,8H2,1-2H3;1H. The molecule has 1 amide bonds. The molecule has 0 aromatic carbocycles. The van der Waals surface area contributed by atoms with Crippen LogP contribution in [0.3, 0.4) is 0 Å². The van der Waals surface area contributed by atoms with Crippen LogP contribution in [-0.2, 0) is 37.9 Å². The number of pyridine rings is 2. The molecule has 0 radical (unpaired) electrons. The van der Waals surface area contributed by atoms with E-state index >= 15 is 4.39 Å². The van der Waals surface area contributed by atoms with E-state index in [1.165, 1.54) is 76.0 Å². The SMILES string of the molecule is CNCc1cn(S(=O)(=O)c2ccoc2C)c(-c2cccnc2F)c1F.Cc1occc1S(=O)(=O)n1cc(CN(C)C(=O)OC(C)(C)C)c(F)c1-c1cccnc1F.Cl. The number of halogens is 5. The Morgan fingerprint density at radius 2 is 1.22 bits per heavy atom. The summed E-state index contributed by atoms with van der Waals surface area (Å²) >= 11 is 0. The highest BCUT2D eigenvalue weighted by atomic mass is 35.5. The second-order valence-corrected chi connectivity index (χ2v) is 17.0. The summed E-state index contributed by atoms with van der Waals surface area (Å²) in [5.41, 5.74) is -2.37. The van der Waals surface area contributed by atoms with Crippen molar-refractivity contribution in [2.45, 2.75) is 63.1 Å². The average molecular weight is 871 g/mol. The molecule has 0 aliphatic rings. The number of ether oxygens (including phenoxy) is 1. The fraction of sp³-hybridized carbons (Fsp3) is 0.270. The van der Waals surface area contributed by atoms with Gasteiger partial charge in [0.1, 0.15) is 38.3 Å². The molecule has 0 unspecified atom stereocenters. The Morgan fingerprint density at radius 3 is 1.60 bits per heavy atom. The zero-order valence-electron chi connectivity index (χ0n) is 32.1. The zero-order chi connectivity index (χ0) is 42.0. The van der Waals surface area contributed by atoms with Crippen LogP contribution in [0.15, 0.2) is 92.3 Å². The van der Waals surface area contributed by atoms with E-state index in [0.29, 0.717) is 3.97 Å². The van der Waals surface area contributed by atoms with Crippen molar-refractivity contribution < 1.29 is 52.8 Å². The quantitative estimate of drug-likeness (QED) is 0.107. The van der Waals surface area contributed by atoms with Crippen molar-refractivity contribution in [2.75, 3.05) is 14.1 Å². The van der Waals surface area contributed by atoms with Crippen molar-refractivity contribution >= 4 is 38.5 Å². The number of aromatic nitrogens is 4. The molecule has 0 aliphatic carbocycles. The molecular weight excluding hydrogens is 832 g/mol. The first-order valence-corrected chi connectivity index (χ1v) is 19.8. The highest BCUT2D eigenvalue weighted by Crippen LogP contribution is 2.35. The van der Waals surface area contributed by atoms with Gasteiger partial charge in [0.05, 0.1) is 30.2 Å². The first-order valence-electron chi connectivity index (χ1n) is 16.9. The van der Waals surface area contributed by atoms with Crippen LogP contribution in [-0.4, -0.2) is 65.4 Å². The minimum absolute atomic E-state index is 0. The molecule has 0 fully saturated rings. The largest absolute Gasteiger partial charge is 0.468 e. The Kier molecular flexibility index (Phi) is 13.7. The van der Waals surface area contributed by atoms with Crippen LogP contribution in [0.2, 0.25) is 0 Å². The molecule has 21 heteroatoms.